The lowest BCUT2D eigenvalue weighted by Gasteiger charge is -2.03. The highest BCUT2D eigenvalue weighted by atomic mass is 32.1. The van der Waals surface area contributed by atoms with E-state index in [4.69, 9.17) is 10.5 Å². The van der Waals surface area contributed by atoms with Gasteiger partial charge in [0.1, 0.15) is 23.5 Å². The number of anilines is 1. The van der Waals surface area contributed by atoms with E-state index in [9.17, 15) is 10.1 Å². The van der Waals surface area contributed by atoms with Crippen molar-refractivity contribution in [2.75, 3.05) is 5.73 Å². The van der Waals surface area contributed by atoms with E-state index < -0.39 is 4.92 Å². The Hall–Kier alpha value is -2.29. The first-order valence-corrected chi connectivity index (χ1v) is 5.24. The number of nitrogens with two attached hydrogens (primary N) is 1. The minimum atomic E-state index is -0.613. The molecule has 0 saturated carbocycles. The van der Waals surface area contributed by atoms with Gasteiger partial charge in [0.05, 0.1) is 0 Å². The SMILES string of the molecule is Nc1snnc1COc1cccnc1[N+](=O)[O-]. The Balaban J connectivity index is 2.14. The highest BCUT2D eigenvalue weighted by molar-refractivity contribution is 7.09. The predicted molar refractivity (Wildman–Crippen MR) is 59.5 cm³/mol. The summed E-state index contributed by atoms with van der Waals surface area (Å²) in [7, 11) is 0. The first kappa shape index (κ1) is 11.2. The van der Waals surface area contributed by atoms with Gasteiger partial charge in [0.15, 0.2) is 0 Å². The number of ether oxygens (including phenoxy) is 1. The van der Waals surface area contributed by atoms with Crippen LogP contribution >= 0.6 is 11.5 Å². The molecule has 0 aliphatic carbocycles. The summed E-state index contributed by atoms with van der Waals surface area (Å²) in [6.45, 7) is 0.0227. The van der Waals surface area contributed by atoms with E-state index in [2.05, 4.69) is 14.6 Å². The van der Waals surface area contributed by atoms with Crippen LogP contribution in [-0.4, -0.2) is 19.5 Å². The van der Waals surface area contributed by atoms with Crippen LogP contribution in [0, 0.1) is 10.1 Å². The van der Waals surface area contributed by atoms with Gasteiger partial charge < -0.3 is 20.6 Å². The van der Waals surface area contributed by atoms with E-state index >= 15 is 0 Å². The van der Waals surface area contributed by atoms with E-state index in [1.165, 1.54) is 12.3 Å². The van der Waals surface area contributed by atoms with Crippen LogP contribution in [-0.2, 0) is 6.61 Å². The Labute approximate surface area is 99.4 Å². The summed E-state index contributed by atoms with van der Waals surface area (Å²) >= 11 is 1.04. The largest absolute Gasteiger partial charge is 0.479 e. The predicted octanol–water partition coefficient (Wildman–Crippen LogP) is 1.00. The molecular weight excluding hydrogens is 246 g/mol. The molecule has 0 atom stereocenters. The zero-order valence-corrected chi connectivity index (χ0v) is 9.25. The zero-order chi connectivity index (χ0) is 12.3. The summed E-state index contributed by atoms with van der Waals surface area (Å²) in [6, 6.07) is 3.01. The molecule has 0 aliphatic rings. The third kappa shape index (κ3) is 2.45. The first-order valence-electron chi connectivity index (χ1n) is 4.47. The van der Waals surface area contributed by atoms with Crippen molar-refractivity contribution in [3.8, 4) is 5.75 Å². The van der Waals surface area contributed by atoms with E-state index in [-0.39, 0.29) is 18.2 Å². The van der Waals surface area contributed by atoms with E-state index in [1.54, 1.807) is 6.07 Å². The molecule has 88 valence electrons. The minimum absolute atomic E-state index is 0.0227. The maximum Gasteiger partial charge on any atom is 0.406 e. The summed E-state index contributed by atoms with van der Waals surface area (Å²) in [4.78, 5) is 13.7. The summed E-state index contributed by atoms with van der Waals surface area (Å²) in [5.74, 6) is -0.265. The molecule has 2 heterocycles. The van der Waals surface area contributed by atoms with Crippen molar-refractivity contribution in [3.63, 3.8) is 0 Å². The van der Waals surface area contributed by atoms with Gasteiger partial charge in [-0.25, -0.2) is 0 Å². The maximum atomic E-state index is 10.7. The summed E-state index contributed by atoms with van der Waals surface area (Å²) in [5, 5.41) is 14.8. The molecule has 17 heavy (non-hydrogen) atoms. The zero-order valence-electron chi connectivity index (χ0n) is 8.44. The molecule has 2 aromatic heterocycles. The molecule has 0 bridgehead atoms. The Morgan fingerprint density at radius 3 is 3.06 bits per heavy atom. The van der Waals surface area contributed by atoms with Gasteiger partial charge in [-0.3, -0.25) is 0 Å². The van der Waals surface area contributed by atoms with Crippen molar-refractivity contribution < 1.29 is 9.66 Å². The van der Waals surface area contributed by atoms with Crippen LogP contribution in [0.2, 0.25) is 0 Å². The second kappa shape index (κ2) is 4.70. The van der Waals surface area contributed by atoms with Crippen molar-refractivity contribution in [1.82, 2.24) is 14.6 Å². The average molecular weight is 253 g/mol. The van der Waals surface area contributed by atoms with Crippen molar-refractivity contribution >= 4 is 22.4 Å². The molecule has 2 aromatic rings. The second-order valence-corrected chi connectivity index (χ2v) is 3.74. The highest BCUT2D eigenvalue weighted by Crippen LogP contribution is 2.24. The minimum Gasteiger partial charge on any atom is -0.479 e. The summed E-state index contributed by atoms with van der Waals surface area (Å²) in [5.41, 5.74) is 6.02. The molecule has 9 heteroatoms. The third-order valence-electron chi connectivity index (χ3n) is 1.87. The molecule has 0 unspecified atom stereocenters. The van der Waals surface area contributed by atoms with Crippen molar-refractivity contribution in [3.05, 3.63) is 34.1 Å². The number of nitrogen functional groups attached to an aromatic ring is 1. The molecule has 2 rings (SSSR count). The quantitative estimate of drug-likeness (QED) is 0.637. The molecule has 0 saturated heterocycles. The van der Waals surface area contributed by atoms with Crippen molar-refractivity contribution in [2.45, 2.75) is 6.61 Å². The summed E-state index contributed by atoms with van der Waals surface area (Å²) < 4.78 is 8.87. The number of pyridine rings is 1. The van der Waals surface area contributed by atoms with Crippen LogP contribution in [0.25, 0.3) is 0 Å². The average Bonchev–Trinajstić information content (AvgIpc) is 2.72. The van der Waals surface area contributed by atoms with E-state index in [0.29, 0.717) is 10.7 Å². The van der Waals surface area contributed by atoms with E-state index in [0.717, 1.165) is 11.5 Å². The highest BCUT2D eigenvalue weighted by Gasteiger charge is 2.16. The third-order valence-corrected chi connectivity index (χ3v) is 2.47. The fourth-order valence-corrected chi connectivity index (χ4v) is 1.53. The van der Waals surface area contributed by atoms with Crippen molar-refractivity contribution in [2.24, 2.45) is 0 Å². The van der Waals surface area contributed by atoms with Gasteiger partial charge in [-0.2, -0.15) is 0 Å². The molecule has 0 spiro atoms. The van der Waals surface area contributed by atoms with Crippen LogP contribution in [0.1, 0.15) is 5.69 Å². The van der Waals surface area contributed by atoms with Gasteiger partial charge in [0.25, 0.3) is 0 Å². The number of hydrogen-bond donors (Lipinski definition) is 1. The Kier molecular flexibility index (Phi) is 3.10. The Bertz CT molecular complexity index is 543. The topological polar surface area (TPSA) is 117 Å². The molecule has 0 aromatic carbocycles. The maximum absolute atomic E-state index is 10.7. The second-order valence-electron chi connectivity index (χ2n) is 2.95. The van der Waals surface area contributed by atoms with Crippen LogP contribution in [0.4, 0.5) is 10.8 Å². The first-order chi connectivity index (χ1) is 8.18. The van der Waals surface area contributed by atoms with Crippen LogP contribution in [0.3, 0.4) is 0 Å². The lowest BCUT2D eigenvalue weighted by molar-refractivity contribution is -0.390. The standard InChI is InChI=1S/C8H7N5O3S/c9-7-5(11-12-17-7)4-16-6-2-1-3-10-8(6)13(14)15/h1-3H,4,9H2. The van der Waals surface area contributed by atoms with Crippen molar-refractivity contribution in [1.29, 1.82) is 0 Å². The fraction of sp³-hybridized carbons (Fsp3) is 0.125. The Morgan fingerprint density at radius 2 is 2.41 bits per heavy atom. The van der Waals surface area contributed by atoms with Crippen LogP contribution in [0.15, 0.2) is 18.3 Å². The number of nitro groups is 1. The Morgan fingerprint density at radius 1 is 1.59 bits per heavy atom. The normalized spacial score (nSPS) is 10.1. The van der Waals surface area contributed by atoms with Gasteiger partial charge in [-0.1, -0.05) is 4.49 Å². The van der Waals surface area contributed by atoms with Crippen LogP contribution < -0.4 is 10.5 Å². The van der Waals surface area contributed by atoms with E-state index in [1.807, 2.05) is 0 Å². The van der Waals surface area contributed by atoms with Gasteiger partial charge in [0.2, 0.25) is 5.75 Å². The van der Waals surface area contributed by atoms with Gasteiger partial charge in [-0.05, 0) is 22.0 Å². The number of hydrogen-bond acceptors (Lipinski definition) is 8. The lowest BCUT2D eigenvalue weighted by atomic mass is 10.4. The molecule has 0 amide bonds. The molecule has 8 nitrogen and oxygen atoms in total. The summed E-state index contributed by atoms with van der Waals surface area (Å²) in [6.07, 6.45) is 1.32. The van der Waals surface area contributed by atoms with Gasteiger partial charge >= 0.3 is 5.82 Å². The number of aromatic nitrogens is 3. The smallest absolute Gasteiger partial charge is 0.406 e. The fourth-order valence-electron chi connectivity index (χ4n) is 1.09. The molecule has 0 radical (unpaired) electrons. The number of rotatable bonds is 4. The molecular formula is C8H7N5O3S. The number of nitrogens with zero attached hydrogens (tertiary/aromatic N) is 4. The molecule has 0 fully saturated rings. The lowest BCUT2D eigenvalue weighted by Crippen LogP contribution is -2.02. The van der Waals surface area contributed by atoms with Gasteiger partial charge in [-0.15, -0.1) is 5.10 Å². The molecule has 0 aliphatic heterocycles. The molecule has 2 N–H and O–H groups in total. The monoisotopic (exact) mass is 253 g/mol. The van der Waals surface area contributed by atoms with Crippen LogP contribution in [0.5, 0.6) is 5.75 Å². The van der Waals surface area contributed by atoms with Gasteiger partial charge in [0, 0.05) is 11.5 Å².